The number of benzene rings is 2. The average Bonchev–Trinajstić information content (AvgIpc) is 2.82. The molecule has 1 fully saturated rings. The fourth-order valence-electron chi connectivity index (χ4n) is 2.16. The van der Waals surface area contributed by atoms with E-state index < -0.39 is 0 Å². The molecule has 3 nitrogen and oxygen atoms in total. The Morgan fingerprint density at radius 1 is 1.25 bits per heavy atom. The normalized spacial score (nSPS) is 16.1. The van der Waals surface area contributed by atoms with Gasteiger partial charge >= 0.3 is 0 Å². The van der Waals surface area contributed by atoms with Crippen molar-refractivity contribution in [2.45, 2.75) is 6.61 Å². The number of hydrogen-bond acceptors (Lipinski definition) is 4. The predicted molar refractivity (Wildman–Crippen MR) is 106 cm³/mol. The molecule has 0 N–H and O–H groups in total. The number of thioether (sulfide) groups is 1. The second-order valence-electron chi connectivity index (χ2n) is 5.20. The van der Waals surface area contributed by atoms with Crippen molar-refractivity contribution in [2.75, 3.05) is 7.05 Å². The minimum Gasteiger partial charge on any atom is -0.488 e. The minimum absolute atomic E-state index is 0.0643. The number of halogens is 1. The van der Waals surface area contributed by atoms with Gasteiger partial charge < -0.3 is 4.74 Å². The van der Waals surface area contributed by atoms with E-state index in [9.17, 15) is 4.79 Å². The fraction of sp³-hybridized carbons (Fsp3) is 0.111. The molecule has 3 rings (SSSR count). The third-order valence-corrected chi connectivity index (χ3v) is 5.58. The van der Waals surface area contributed by atoms with Crippen molar-refractivity contribution in [3.8, 4) is 5.75 Å². The van der Waals surface area contributed by atoms with Crippen molar-refractivity contribution in [1.82, 2.24) is 4.90 Å². The van der Waals surface area contributed by atoms with Crippen molar-refractivity contribution in [3.63, 3.8) is 0 Å². The minimum atomic E-state index is -0.0643. The van der Waals surface area contributed by atoms with Crippen molar-refractivity contribution in [2.24, 2.45) is 0 Å². The Morgan fingerprint density at radius 2 is 2.00 bits per heavy atom. The van der Waals surface area contributed by atoms with Crippen LogP contribution < -0.4 is 4.74 Å². The van der Waals surface area contributed by atoms with Crippen LogP contribution in [0.25, 0.3) is 6.08 Å². The predicted octanol–water partition coefficient (Wildman–Crippen LogP) is 4.86. The Kier molecular flexibility index (Phi) is 5.38. The molecule has 0 spiro atoms. The van der Waals surface area contributed by atoms with Crippen LogP contribution in [0.1, 0.15) is 11.1 Å². The van der Waals surface area contributed by atoms with E-state index in [1.54, 1.807) is 7.05 Å². The molecule has 1 amide bonds. The molecule has 2 aromatic rings. The van der Waals surface area contributed by atoms with Crippen molar-refractivity contribution in [3.05, 3.63) is 69.0 Å². The molecular formula is C18H14BrNO2S2. The smallest absolute Gasteiger partial charge is 0.265 e. The first-order valence-electron chi connectivity index (χ1n) is 7.22. The zero-order valence-corrected chi connectivity index (χ0v) is 16.1. The van der Waals surface area contributed by atoms with Gasteiger partial charge in [0.15, 0.2) is 0 Å². The molecule has 2 aromatic carbocycles. The lowest BCUT2D eigenvalue weighted by atomic mass is 10.2. The Labute approximate surface area is 158 Å². The van der Waals surface area contributed by atoms with Crippen LogP contribution in [0.2, 0.25) is 0 Å². The number of rotatable bonds is 4. The summed E-state index contributed by atoms with van der Waals surface area (Å²) in [6.07, 6.45) is 1.84. The molecule has 0 bridgehead atoms. The molecular weight excluding hydrogens is 406 g/mol. The maximum atomic E-state index is 12.0. The summed E-state index contributed by atoms with van der Waals surface area (Å²) in [6.45, 7) is 0.507. The van der Waals surface area contributed by atoms with Crippen LogP contribution in [-0.4, -0.2) is 22.2 Å². The molecule has 24 heavy (non-hydrogen) atoms. The number of nitrogens with zero attached hydrogens (tertiary/aromatic N) is 1. The second kappa shape index (κ2) is 7.51. The lowest BCUT2D eigenvalue weighted by molar-refractivity contribution is -0.121. The third-order valence-electron chi connectivity index (χ3n) is 3.48. The highest BCUT2D eigenvalue weighted by Crippen LogP contribution is 2.33. The van der Waals surface area contributed by atoms with Gasteiger partial charge in [0, 0.05) is 7.05 Å². The molecule has 1 saturated heterocycles. The van der Waals surface area contributed by atoms with Gasteiger partial charge in [0.05, 0.1) is 9.38 Å². The van der Waals surface area contributed by atoms with E-state index in [2.05, 4.69) is 15.9 Å². The highest BCUT2D eigenvalue weighted by molar-refractivity contribution is 9.10. The zero-order valence-electron chi connectivity index (χ0n) is 12.9. The quantitative estimate of drug-likeness (QED) is 0.522. The zero-order chi connectivity index (χ0) is 17.1. The monoisotopic (exact) mass is 419 g/mol. The van der Waals surface area contributed by atoms with Gasteiger partial charge in [-0.2, -0.15) is 0 Å². The van der Waals surface area contributed by atoms with Gasteiger partial charge in [0.25, 0.3) is 5.91 Å². The van der Waals surface area contributed by atoms with Crippen LogP contribution in [0.5, 0.6) is 5.75 Å². The first kappa shape index (κ1) is 17.2. The second-order valence-corrected chi connectivity index (χ2v) is 7.73. The van der Waals surface area contributed by atoms with Crippen molar-refractivity contribution < 1.29 is 9.53 Å². The van der Waals surface area contributed by atoms with Gasteiger partial charge in [0.1, 0.15) is 16.7 Å². The number of likely N-dealkylation sites (N-methyl/N-ethyl adjacent to an activating group) is 1. The van der Waals surface area contributed by atoms with Crippen LogP contribution in [0, 0.1) is 0 Å². The van der Waals surface area contributed by atoms with E-state index in [0.29, 0.717) is 15.8 Å². The molecule has 0 unspecified atom stereocenters. The summed E-state index contributed by atoms with van der Waals surface area (Å²) in [5, 5.41) is 0. The van der Waals surface area contributed by atoms with E-state index in [-0.39, 0.29) is 5.91 Å². The van der Waals surface area contributed by atoms with Crippen LogP contribution in [-0.2, 0) is 11.4 Å². The number of amides is 1. The molecule has 1 aliphatic rings. The third kappa shape index (κ3) is 3.88. The fourth-order valence-corrected chi connectivity index (χ4v) is 3.85. The largest absolute Gasteiger partial charge is 0.488 e. The molecule has 1 heterocycles. The van der Waals surface area contributed by atoms with E-state index >= 15 is 0 Å². The standard InChI is InChI=1S/C18H14BrNO2S2/c1-20-17(21)16(24-18(20)23)10-13-7-8-15(14(19)9-13)22-11-12-5-3-2-4-6-12/h2-10H,11H2,1H3/b16-10-. The Bertz CT molecular complexity index is 821. The summed E-state index contributed by atoms with van der Waals surface area (Å²) in [5.74, 6) is 0.699. The molecule has 0 atom stereocenters. The molecule has 0 saturated carbocycles. The van der Waals surface area contributed by atoms with Gasteiger partial charge in [-0.15, -0.1) is 0 Å². The lowest BCUT2D eigenvalue weighted by Crippen LogP contribution is -2.22. The van der Waals surface area contributed by atoms with Gasteiger partial charge in [-0.1, -0.05) is 60.4 Å². The Morgan fingerprint density at radius 3 is 2.62 bits per heavy atom. The summed E-state index contributed by atoms with van der Waals surface area (Å²) >= 11 is 9.98. The van der Waals surface area contributed by atoms with Crippen LogP contribution >= 0.6 is 39.9 Å². The Balaban J connectivity index is 1.73. The molecule has 6 heteroatoms. The summed E-state index contributed by atoms with van der Waals surface area (Å²) < 4.78 is 7.26. The number of carbonyl (C=O) groups is 1. The Hall–Kier alpha value is -1.63. The van der Waals surface area contributed by atoms with E-state index in [0.717, 1.165) is 21.3 Å². The van der Waals surface area contributed by atoms with E-state index in [4.69, 9.17) is 17.0 Å². The van der Waals surface area contributed by atoms with Gasteiger partial charge in [-0.25, -0.2) is 0 Å². The number of carbonyl (C=O) groups excluding carboxylic acids is 1. The molecule has 1 aliphatic heterocycles. The highest BCUT2D eigenvalue weighted by atomic mass is 79.9. The highest BCUT2D eigenvalue weighted by Gasteiger charge is 2.28. The van der Waals surface area contributed by atoms with E-state index in [1.807, 2.05) is 54.6 Å². The maximum Gasteiger partial charge on any atom is 0.265 e. The van der Waals surface area contributed by atoms with Crippen molar-refractivity contribution >= 4 is 56.2 Å². The molecule has 0 radical (unpaired) electrons. The maximum absolute atomic E-state index is 12.0. The number of ether oxygens (including phenoxy) is 1. The first-order chi connectivity index (χ1) is 11.5. The van der Waals surface area contributed by atoms with Crippen LogP contribution in [0.4, 0.5) is 0 Å². The van der Waals surface area contributed by atoms with Crippen molar-refractivity contribution in [1.29, 1.82) is 0 Å². The summed E-state index contributed by atoms with van der Waals surface area (Å²) in [5.41, 5.74) is 2.03. The van der Waals surface area contributed by atoms with Gasteiger partial charge in [0.2, 0.25) is 0 Å². The topological polar surface area (TPSA) is 29.5 Å². The average molecular weight is 420 g/mol. The molecule has 122 valence electrons. The molecule has 0 aromatic heterocycles. The van der Waals surface area contributed by atoms with Gasteiger partial charge in [-0.3, -0.25) is 9.69 Å². The first-order valence-corrected chi connectivity index (χ1v) is 9.24. The van der Waals surface area contributed by atoms with Crippen LogP contribution in [0.3, 0.4) is 0 Å². The van der Waals surface area contributed by atoms with Gasteiger partial charge in [-0.05, 0) is 45.3 Å². The SMILES string of the molecule is CN1C(=O)/C(=C/c2ccc(OCc3ccccc3)c(Br)c2)SC1=S. The molecule has 0 aliphatic carbocycles. The summed E-state index contributed by atoms with van der Waals surface area (Å²) in [6, 6.07) is 15.8. The van der Waals surface area contributed by atoms with E-state index in [1.165, 1.54) is 16.7 Å². The number of thiocarbonyl (C=S) groups is 1. The number of hydrogen-bond donors (Lipinski definition) is 0. The summed E-state index contributed by atoms with van der Waals surface area (Å²) in [7, 11) is 1.69. The van der Waals surface area contributed by atoms with Crippen LogP contribution in [0.15, 0.2) is 57.9 Å². The lowest BCUT2D eigenvalue weighted by Gasteiger charge is -2.09. The summed E-state index contributed by atoms with van der Waals surface area (Å²) in [4.78, 5) is 14.2.